The first-order valence-electron chi connectivity index (χ1n) is 7.01. The summed E-state index contributed by atoms with van der Waals surface area (Å²) in [6, 6.07) is 7.57. The molecule has 1 aliphatic carbocycles. The van der Waals surface area contributed by atoms with Gasteiger partial charge in [-0.1, -0.05) is 25.0 Å². The average Bonchev–Trinajstić information content (AvgIpc) is 2.90. The zero-order chi connectivity index (χ0) is 14.6. The monoisotopic (exact) mass is 303 g/mol. The van der Waals surface area contributed by atoms with Crippen molar-refractivity contribution in [3.8, 4) is 0 Å². The fourth-order valence-corrected chi connectivity index (χ4v) is 3.47. The second kappa shape index (κ2) is 6.74. The van der Waals surface area contributed by atoms with Crippen LogP contribution in [-0.4, -0.2) is 18.0 Å². The van der Waals surface area contributed by atoms with E-state index in [0.717, 1.165) is 17.4 Å². The number of nitrogens with one attached hydrogen (secondary N) is 1. The van der Waals surface area contributed by atoms with Crippen molar-refractivity contribution < 1.29 is 13.2 Å². The third-order valence-corrected chi connectivity index (χ3v) is 4.91. The lowest BCUT2D eigenvalue weighted by Gasteiger charge is -2.23. The number of hydrogen-bond acceptors (Lipinski definition) is 2. The van der Waals surface area contributed by atoms with Crippen molar-refractivity contribution >= 4 is 17.4 Å². The highest BCUT2D eigenvalue weighted by Gasteiger charge is 2.28. The quantitative estimate of drug-likeness (QED) is 0.738. The molecule has 1 aromatic carbocycles. The van der Waals surface area contributed by atoms with Gasteiger partial charge in [-0.25, -0.2) is 0 Å². The maximum Gasteiger partial charge on any atom is 0.398 e. The first-order chi connectivity index (χ1) is 9.46. The minimum absolute atomic E-state index is 0.310. The highest BCUT2D eigenvalue weighted by Crippen LogP contribution is 2.34. The van der Waals surface area contributed by atoms with E-state index in [1.807, 2.05) is 12.1 Å². The van der Waals surface area contributed by atoms with Gasteiger partial charge in [-0.05, 0) is 37.8 Å². The summed E-state index contributed by atoms with van der Waals surface area (Å²) in [6.07, 6.45) is 0.829. The third kappa shape index (κ3) is 4.62. The highest BCUT2D eigenvalue weighted by atomic mass is 32.2. The molecule has 1 fully saturated rings. The van der Waals surface area contributed by atoms with Gasteiger partial charge < -0.3 is 5.32 Å². The molecule has 1 nitrogen and oxygen atoms in total. The Morgan fingerprint density at radius 2 is 1.90 bits per heavy atom. The van der Waals surface area contributed by atoms with E-state index in [1.165, 1.54) is 25.7 Å². The number of para-hydroxylation sites is 1. The van der Waals surface area contributed by atoms with E-state index in [0.29, 0.717) is 16.9 Å². The maximum atomic E-state index is 12.3. The van der Waals surface area contributed by atoms with Gasteiger partial charge in [-0.3, -0.25) is 0 Å². The number of benzene rings is 1. The molecule has 1 N–H and O–H groups in total. The Morgan fingerprint density at radius 3 is 2.55 bits per heavy atom. The summed E-state index contributed by atoms with van der Waals surface area (Å²) < 4.78 is 37.0. The zero-order valence-corrected chi connectivity index (χ0v) is 12.4. The van der Waals surface area contributed by atoms with E-state index < -0.39 is 11.9 Å². The molecule has 2 rings (SSSR count). The van der Waals surface area contributed by atoms with Crippen LogP contribution in [0.1, 0.15) is 32.6 Å². The molecule has 0 amide bonds. The lowest BCUT2D eigenvalue weighted by atomic mass is 9.99. The molecule has 0 aromatic heterocycles. The molecule has 20 heavy (non-hydrogen) atoms. The van der Waals surface area contributed by atoms with Gasteiger partial charge in [0.05, 0.1) is 5.75 Å². The maximum absolute atomic E-state index is 12.3. The lowest BCUT2D eigenvalue weighted by Crippen LogP contribution is -2.24. The van der Waals surface area contributed by atoms with E-state index in [2.05, 4.69) is 12.2 Å². The predicted octanol–water partition coefficient (Wildman–Crippen LogP) is 5.33. The van der Waals surface area contributed by atoms with Crippen LogP contribution >= 0.6 is 11.8 Å². The minimum Gasteiger partial charge on any atom is -0.381 e. The molecule has 1 saturated carbocycles. The molecular weight excluding hydrogens is 283 g/mol. The summed E-state index contributed by atoms with van der Waals surface area (Å²) in [4.78, 5) is 0.676. The molecule has 1 aromatic rings. The molecule has 1 aliphatic rings. The van der Waals surface area contributed by atoms with Crippen LogP contribution in [0.4, 0.5) is 18.9 Å². The number of rotatable bonds is 5. The Labute approximate surface area is 122 Å². The number of hydrogen-bond donors (Lipinski definition) is 1. The van der Waals surface area contributed by atoms with Crippen molar-refractivity contribution in [2.75, 3.05) is 11.1 Å². The first kappa shape index (κ1) is 15.5. The Kier molecular flexibility index (Phi) is 5.24. The highest BCUT2D eigenvalue weighted by molar-refractivity contribution is 7.99. The van der Waals surface area contributed by atoms with Crippen LogP contribution in [0.5, 0.6) is 0 Å². The third-order valence-electron chi connectivity index (χ3n) is 3.77. The van der Waals surface area contributed by atoms with Gasteiger partial charge in [0.1, 0.15) is 0 Å². The van der Waals surface area contributed by atoms with Crippen LogP contribution < -0.4 is 5.32 Å². The van der Waals surface area contributed by atoms with Crippen molar-refractivity contribution in [2.45, 2.75) is 49.7 Å². The normalized spacial score (nSPS) is 18.2. The Bertz CT molecular complexity index is 427. The second-order valence-corrected chi connectivity index (χ2v) is 6.39. The van der Waals surface area contributed by atoms with Crippen molar-refractivity contribution in [3.05, 3.63) is 24.3 Å². The largest absolute Gasteiger partial charge is 0.398 e. The average molecular weight is 303 g/mol. The van der Waals surface area contributed by atoms with Crippen molar-refractivity contribution in [3.63, 3.8) is 0 Å². The van der Waals surface area contributed by atoms with Crippen molar-refractivity contribution in [2.24, 2.45) is 5.92 Å². The van der Waals surface area contributed by atoms with E-state index in [1.54, 1.807) is 12.1 Å². The lowest BCUT2D eigenvalue weighted by molar-refractivity contribution is -0.105. The van der Waals surface area contributed by atoms with Crippen LogP contribution in [0.25, 0.3) is 0 Å². The molecule has 0 heterocycles. The number of thioether (sulfide) groups is 1. The molecule has 1 atom stereocenters. The van der Waals surface area contributed by atoms with Gasteiger partial charge >= 0.3 is 6.18 Å². The van der Waals surface area contributed by atoms with E-state index >= 15 is 0 Å². The summed E-state index contributed by atoms with van der Waals surface area (Å²) in [5.74, 6) is -0.209. The van der Waals surface area contributed by atoms with Crippen molar-refractivity contribution in [1.29, 1.82) is 0 Å². The molecule has 0 bridgehead atoms. The smallest absolute Gasteiger partial charge is 0.381 e. The standard InChI is InChI=1S/C15H20F3NS/c1-11(12-6-2-3-7-12)19-13-8-4-5-9-14(13)20-10-15(16,17)18/h4-5,8-9,11-12,19H,2-3,6-7,10H2,1H3. The Hall–Kier alpha value is -0.840. The summed E-state index contributed by atoms with van der Waals surface area (Å²) in [7, 11) is 0. The topological polar surface area (TPSA) is 12.0 Å². The summed E-state index contributed by atoms with van der Waals surface area (Å²) in [6.45, 7) is 2.13. The summed E-state index contributed by atoms with van der Waals surface area (Å²) in [5, 5.41) is 3.40. The molecule has 112 valence electrons. The number of alkyl halides is 3. The molecule has 0 saturated heterocycles. The van der Waals surface area contributed by atoms with E-state index in [-0.39, 0.29) is 0 Å². The van der Waals surface area contributed by atoms with Crippen LogP contribution in [0.15, 0.2) is 29.2 Å². The molecule has 1 unspecified atom stereocenters. The number of anilines is 1. The van der Waals surface area contributed by atoms with Gasteiger partial charge in [-0.15, -0.1) is 11.8 Å². The van der Waals surface area contributed by atoms with Gasteiger partial charge in [0, 0.05) is 16.6 Å². The minimum atomic E-state index is -4.13. The Morgan fingerprint density at radius 1 is 1.25 bits per heavy atom. The molecule has 0 aliphatic heterocycles. The van der Waals surface area contributed by atoms with Crippen LogP contribution in [-0.2, 0) is 0 Å². The fourth-order valence-electron chi connectivity index (χ4n) is 2.69. The molecular formula is C15H20F3NS. The van der Waals surface area contributed by atoms with Gasteiger partial charge in [-0.2, -0.15) is 13.2 Å². The van der Waals surface area contributed by atoms with Crippen LogP contribution in [0.2, 0.25) is 0 Å². The van der Waals surface area contributed by atoms with Crippen LogP contribution in [0, 0.1) is 5.92 Å². The summed E-state index contributed by atoms with van der Waals surface area (Å²) >= 11 is 0.851. The first-order valence-corrected chi connectivity index (χ1v) is 7.99. The fraction of sp³-hybridized carbons (Fsp3) is 0.600. The molecule has 5 heteroatoms. The molecule has 0 spiro atoms. The van der Waals surface area contributed by atoms with Gasteiger partial charge in [0.2, 0.25) is 0 Å². The van der Waals surface area contributed by atoms with Gasteiger partial charge in [0.25, 0.3) is 0 Å². The van der Waals surface area contributed by atoms with Crippen molar-refractivity contribution in [1.82, 2.24) is 0 Å². The van der Waals surface area contributed by atoms with E-state index in [9.17, 15) is 13.2 Å². The molecule has 0 radical (unpaired) electrons. The van der Waals surface area contributed by atoms with Gasteiger partial charge in [0.15, 0.2) is 0 Å². The Balaban J connectivity index is 1.99. The predicted molar refractivity (Wildman–Crippen MR) is 78.3 cm³/mol. The van der Waals surface area contributed by atoms with E-state index in [4.69, 9.17) is 0 Å². The summed E-state index contributed by atoms with van der Waals surface area (Å²) in [5.41, 5.74) is 0.821. The SMILES string of the molecule is CC(Nc1ccccc1SCC(F)(F)F)C1CCCC1. The number of halogens is 3. The second-order valence-electron chi connectivity index (χ2n) is 5.38. The zero-order valence-electron chi connectivity index (χ0n) is 11.5. The van der Waals surface area contributed by atoms with Crippen LogP contribution in [0.3, 0.4) is 0 Å².